The van der Waals surface area contributed by atoms with E-state index in [0.717, 1.165) is 28.4 Å². The lowest BCUT2D eigenvalue weighted by atomic mass is 9.91. The average molecular weight is 394 g/mol. The lowest BCUT2D eigenvalue weighted by Crippen LogP contribution is -2.18. The first-order chi connectivity index (χ1) is 10.3. The van der Waals surface area contributed by atoms with Crippen LogP contribution in [0, 0.1) is 0 Å². The van der Waals surface area contributed by atoms with Gasteiger partial charge in [0.2, 0.25) is 0 Å². The van der Waals surface area contributed by atoms with Gasteiger partial charge < -0.3 is 4.74 Å². The van der Waals surface area contributed by atoms with Gasteiger partial charge in [0.1, 0.15) is 5.92 Å². The number of halogens is 1. The number of hydrogen-bond acceptors (Lipinski definition) is 2. The van der Waals surface area contributed by atoms with Crippen molar-refractivity contribution in [2.75, 3.05) is 11.0 Å². The van der Waals surface area contributed by atoms with Crippen molar-refractivity contribution >= 4 is 28.6 Å². The molecule has 0 saturated heterocycles. The highest BCUT2D eigenvalue weighted by molar-refractivity contribution is 14.1. The fourth-order valence-electron chi connectivity index (χ4n) is 2.21. The van der Waals surface area contributed by atoms with Crippen molar-refractivity contribution in [2.45, 2.75) is 18.8 Å². The van der Waals surface area contributed by atoms with Gasteiger partial charge in [-0.15, -0.1) is 0 Å². The number of ether oxygens (including phenoxy) is 1. The van der Waals surface area contributed by atoms with E-state index in [0.29, 0.717) is 6.61 Å². The maximum atomic E-state index is 12.5. The van der Waals surface area contributed by atoms with Crippen LogP contribution in [0.15, 0.2) is 60.7 Å². The molecular formula is C18H19IO2. The van der Waals surface area contributed by atoms with Crippen LogP contribution in [0.5, 0.6) is 0 Å². The molecule has 2 aromatic rings. The Balaban J connectivity index is 2.15. The highest BCUT2D eigenvalue weighted by Gasteiger charge is 2.23. The number of unbranched alkanes of at least 4 members (excludes halogenated alkanes) is 1. The Morgan fingerprint density at radius 3 is 1.90 bits per heavy atom. The SMILES string of the molecule is O=C(OCCCCI)C(c1ccccc1)c1ccccc1. The van der Waals surface area contributed by atoms with Crippen LogP contribution in [0.4, 0.5) is 0 Å². The predicted molar refractivity (Wildman–Crippen MR) is 93.8 cm³/mol. The second-order valence-corrected chi connectivity index (χ2v) is 5.90. The van der Waals surface area contributed by atoms with Crippen LogP contribution >= 0.6 is 22.6 Å². The van der Waals surface area contributed by atoms with Gasteiger partial charge in [0.15, 0.2) is 0 Å². The van der Waals surface area contributed by atoms with Crippen LogP contribution in [-0.4, -0.2) is 17.0 Å². The first-order valence-electron chi connectivity index (χ1n) is 7.15. The van der Waals surface area contributed by atoms with Crippen molar-refractivity contribution in [3.05, 3.63) is 71.8 Å². The average Bonchev–Trinajstić information content (AvgIpc) is 2.54. The lowest BCUT2D eigenvalue weighted by Gasteiger charge is -2.17. The Hall–Kier alpha value is -1.36. The molecule has 2 nitrogen and oxygen atoms in total. The van der Waals surface area contributed by atoms with E-state index in [1.165, 1.54) is 0 Å². The molecule has 0 aromatic heterocycles. The first kappa shape index (κ1) is 16.0. The quantitative estimate of drug-likeness (QED) is 0.298. The Morgan fingerprint density at radius 1 is 0.905 bits per heavy atom. The zero-order chi connectivity index (χ0) is 14.9. The highest BCUT2D eigenvalue weighted by atomic mass is 127. The molecule has 0 radical (unpaired) electrons. The van der Waals surface area contributed by atoms with Gasteiger partial charge in [-0.05, 0) is 28.4 Å². The molecule has 0 unspecified atom stereocenters. The largest absolute Gasteiger partial charge is 0.465 e. The number of alkyl halides is 1. The van der Waals surface area contributed by atoms with Gasteiger partial charge in [0.05, 0.1) is 6.61 Å². The number of hydrogen-bond donors (Lipinski definition) is 0. The molecule has 0 heterocycles. The molecule has 0 atom stereocenters. The van der Waals surface area contributed by atoms with Crippen LogP contribution in [0.1, 0.15) is 29.9 Å². The number of carbonyl (C=O) groups excluding carboxylic acids is 1. The minimum Gasteiger partial charge on any atom is -0.465 e. The number of carbonyl (C=O) groups is 1. The summed E-state index contributed by atoms with van der Waals surface area (Å²) in [6.45, 7) is 0.498. The first-order valence-corrected chi connectivity index (χ1v) is 8.68. The minimum atomic E-state index is -0.341. The van der Waals surface area contributed by atoms with Crippen LogP contribution in [0.2, 0.25) is 0 Å². The summed E-state index contributed by atoms with van der Waals surface area (Å²) in [5, 5.41) is 0. The Kier molecular flexibility index (Phi) is 6.73. The molecule has 0 saturated carbocycles. The molecule has 0 aliphatic heterocycles. The van der Waals surface area contributed by atoms with Crippen molar-refractivity contribution in [1.82, 2.24) is 0 Å². The van der Waals surface area contributed by atoms with Gasteiger partial charge in [-0.3, -0.25) is 4.79 Å². The molecule has 0 N–H and O–H groups in total. The zero-order valence-corrected chi connectivity index (χ0v) is 14.0. The van der Waals surface area contributed by atoms with E-state index in [-0.39, 0.29) is 11.9 Å². The Labute approximate surface area is 139 Å². The molecule has 0 aliphatic carbocycles. The van der Waals surface area contributed by atoms with E-state index < -0.39 is 0 Å². The third-order valence-corrected chi connectivity index (χ3v) is 4.04. The van der Waals surface area contributed by atoms with Crippen molar-refractivity contribution in [3.63, 3.8) is 0 Å². The van der Waals surface area contributed by atoms with Gasteiger partial charge in [-0.1, -0.05) is 83.3 Å². The minimum absolute atomic E-state index is 0.166. The molecule has 0 amide bonds. The van der Waals surface area contributed by atoms with E-state index in [4.69, 9.17) is 4.74 Å². The third-order valence-electron chi connectivity index (χ3n) is 3.27. The fourth-order valence-corrected chi connectivity index (χ4v) is 2.75. The zero-order valence-electron chi connectivity index (χ0n) is 11.9. The number of benzene rings is 2. The lowest BCUT2D eigenvalue weighted by molar-refractivity contribution is -0.144. The summed E-state index contributed by atoms with van der Waals surface area (Å²) in [7, 11) is 0. The Bertz CT molecular complexity index is 500. The summed E-state index contributed by atoms with van der Waals surface area (Å²) in [5.74, 6) is -0.507. The molecular weight excluding hydrogens is 375 g/mol. The monoisotopic (exact) mass is 394 g/mol. The van der Waals surface area contributed by atoms with E-state index in [9.17, 15) is 4.79 Å². The van der Waals surface area contributed by atoms with Crippen LogP contribution < -0.4 is 0 Å². The summed E-state index contributed by atoms with van der Waals surface area (Å²) >= 11 is 2.34. The van der Waals surface area contributed by atoms with Gasteiger partial charge in [0, 0.05) is 0 Å². The summed E-state index contributed by atoms with van der Waals surface area (Å²) < 4.78 is 6.57. The Morgan fingerprint density at radius 2 is 1.43 bits per heavy atom. The van der Waals surface area contributed by atoms with E-state index in [2.05, 4.69) is 22.6 Å². The van der Waals surface area contributed by atoms with Crippen molar-refractivity contribution in [1.29, 1.82) is 0 Å². The van der Waals surface area contributed by atoms with E-state index in [1.54, 1.807) is 0 Å². The second-order valence-electron chi connectivity index (χ2n) is 4.82. The number of esters is 1. The number of rotatable bonds is 7. The maximum Gasteiger partial charge on any atom is 0.317 e. The van der Waals surface area contributed by atoms with E-state index in [1.807, 2.05) is 60.7 Å². The fraction of sp³-hybridized carbons (Fsp3) is 0.278. The maximum absolute atomic E-state index is 12.5. The molecule has 0 bridgehead atoms. The molecule has 2 rings (SSSR count). The van der Waals surface area contributed by atoms with Crippen LogP contribution in [-0.2, 0) is 9.53 Å². The van der Waals surface area contributed by atoms with Gasteiger partial charge in [0.25, 0.3) is 0 Å². The molecule has 0 aliphatic rings. The van der Waals surface area contributed by atoms with Crippen LogP contribution in [0.3, 0.4) is 0 Å². The van der Waals surface area contributed by atoms with Gasteiger partial charge in [-0.2, -0.15) is 0 Å². The third kappa shape index (κ3) is 4.84. The molecule has 0 spiro atoms. The summed E-state index contributed by atoms with van der Waals surface area (Å²) in [6, 6.07) is 19.6. The molecule has 3 heteroatoms. The summed E-state index contributed by atoms with van der Waals surface area (Å²) in [5.41, 5.74) is 1.95. The topological polar surface area (TPSA) is 26.3 Å². The predicted octanol–water partition coefficient (Wildman–Crippen LogP) is 4.58. The highest BCUT2D eigenvalue weighted by Crippen LogP contribution is 2.26. The molecule has 2 aromatic carbocycles. The van der Waals surface area contributed by atoms with Crippen molar-refractivity contribution in [3.8, 4) is 0 Å². The molecule has 21 heavy (non-hydrogen) atoms. The molecule has 0 fully saturated rings. The second kappa shape index (κ2) is 8.82. The van der Waals surface area contributed by atoms with Gasteiger partial charge in [-0.25, -0.2) is 0 Å². The van der Waals surface area contributed by atoms with Crippen molar-refractivity contribution in [2.24, 2.45) is 0 Å². The van der Waals surface area contributed by atoms with Gasteiger partial charge >= 0.3 is 5.97 Å². The van der Waals surface area contributed by atoms with Crippen molar-refractivity contribution < 1.29 is 9.53 Å². The smallest absolute Gasteiger partial charge is 0.317 e. The summed E-state index contributed by atoms with van der Waals surface area (Å²) in [4.78, 5) is 12.5. The van der Waals surface area contributed by atoms with E-state index >= 15 is 0 Å². The summed E-state index contributed by atoms with van der Waals surface area (Å²) in [6.07, 6.45) is 2.00. The molecule has 110 valence electrons. The standard InChI is InChI=1S/C18H19IO2/c19-13-7-8-14-21-18(20)17(15-9-3-1-4-10-15)16-11-5-2-6-12-16/h1-6,9-12,17H,7-8,13-14H2. The normalized spacial score (nSPS) is 10.6. The van der Waals surface area contributed by atoms with Crippen LogP contribution in [0.25, 0.3) is 0 Å².